The van der Waals surface area contributed by atoms with Crippen molar-refractivity contribution in [2.75, 3.05) is 6.54 Å². The molecule has 0 saturated heterocycles. The lowest BCUT2D eigenvalue weighted by Gasteiger charge is -2.09. The van der Waals surface area contributed by atoms with Gasteiger partial charge in [0.2, 0.25) is 5.91 Å². The molecule has 8 heteroatoms. The van der Waals surface area contributed by atoms with Crippen LogP contribution in [0.3, 0.4) is 0 Å². The first-order chi connectivity index (χ1) is 10.8. The third-order valence-corrected chi connectivity index (χ3v) is 2.94. The minimum atomic E-state index is -4.71. The molecule has 1 amide bonds. The fourth-order valence-electron chi connectivity index (χ4n) is 1.85. The molecule has 0 spiro atoms. The van der Waals surface area contributed by atoms with Crippen LogP contribution < -0.4 is 10.1 Å². The summed E-state index contributed by atoms with van der Waals surface area (Å²) in [5.41, 5.74) is 0.769. The molecule has 0 heterocycles. The van der Waals surface area contributed by atoms with Crippen molar-refractivity contribution in [1.82, 2.24) is 5.32 Å². The van der Waals surface area contributed by atoms with Crippen molar-refractivity contribution in [3.05, 3.63) is 29.8 Å². The summed E-state index contributed by atoms with van der Waals surface area (Å²) < 4.78 is 39.8. The molecule has 0 aromatic heterocycles. The van der Waals surface area contributed by atoms with Crippen molar-refractivity contribution in [3.63, 3.8) is 0 Å². The summed E-state index contributed by atoms with van der Waals surface area (Å²) >= 11 is 0. The lowest BCUT2D eigenvalue weighted by molar-refractivity contribution is -0.274. The van der Waals surface area contributed by atoms with Crippen molar-refractivity contribution in [1.29, 1.82) is 0 Å². The van der Waals surface area contributed by atoms with Crippen LogP contribution in [0.25, 0.3) is 0 Å². The molecule has 2 N–H and O–H groups in total. The van der Waals surface area contributed by atoms with Crippen molar-refractivity contribution in [2.45, 2.75) is 38.5 Å². The summed E-state index contributed by atoms with van der Waals surface area (Å²) in [7, 11) is 0. The normalized spacial score (nSPS) is 11.1. The highest BCUT2D eigenvalue weighted by atomic mass is 19.4. The Bertz CT molecular complexity index is 514. The van der Waals surface area contributed by atoms with Gasteiger partial charge >= 0.3 is 12.3 Å². The average Bonchev–Trinajstić information content (AvgIpc) is 2.44. The van der Waals surface area contributed by atoms with Crippen LogP contribution >= 0.6 is 0 Å². The zero-order valence-electron chi connectivity index (χ0n) is 12.4. The van der Waals surface area contributed by atoms with Gasteiger partial charge in [-0.3, -0.25) is 9.59 Å². The maximum Gasteiger partial charge on any atom is 0.573 e. The number of carbonyl (C=O) groups is 2. The van der Waals surface area contributed by atoms with Gasteiger partial charge in [0.25, 0.3) is 0 Å². The maximum atomic E-state index is 12.0. The largest absolute Gasteiger partial charge is 0.573 e. The molecular weight excluding hydrogens is 315 g/mol. The van der Waals surface area contributed by atoms with E-state index < -0.39 is 12.3 Å². The number of nitrogens with one attached hydrogen (secondary N) is 1. The Kier molecular flexibility index (Phi) is 7.37. The molecule has 0 bridgehead atoms. The number of rotatable bonds is 9. The van der Waals surface area contributed by atoms with E-state index in [9.17, 15) is 22.8 Å². The Morgan fingerprint density at radius 2 is 1.70 bits per heavy atom. The Morgan fingerprint density at radius 1 is 1.09 bits per heavy atom. The van der Waals surface area contributed by atoms with Gasteiger partial charge in [0.15, 0.2) is 0 Å². The summed E-state index contributed by atoms with van der Waals surface area (Å²) in [5, 5.41) is 11.1. The van der Waals surface area contributed by atoms with Crippen LogP contribution in [-0.2, 0) is 16.0 Å². The van der Waals surface area contributed by atoms with E-state index in [1.165, 1.54) is 24.3 Å². The van der Waals surface area contributed by atoms with Crippen molar-refractivity contribution >= 4 is 11.9 Å². The summed E-state index contributed by atoms with van der Waals surface area (Å²) in [4.78, 5) is 21.8. The van der Waals surface area contributed by atoms with E-state index >= 15 is 0 Å². The van der Waals surface area contributed by atoms with Gasteiger partial charge < -0.3 is 15.2 Å². The van der Waals surface area contributed by atoms with Crippen LogP contribution in [-0.4, -0.2) is 29.9 Å². The van der Waals surface area contributed by atoms with E-state index in [0.717, 1.165) is 5.56 Å². The molecular formula is C15H18F3NO4. The zero-order chi connectivity index (χ0) is 17.3. The second-order valence-corrected chi connectivity index (χ2v) is 4.89. The molecule has 5 nitrogen and oxygen atoms in total. The Morgan fingerprint density at radius 3 is 2.26 bits per heavy atom. The number of unbranched alkanes of at least 4 members (excludes halogenated alkanes) is 1. The molecule has 0 saturated carbocycles. The van der Waals surface area contributed by atoms with Crippen LogP contribution in [0, 0.1) is 0 Å². The first kappa shape index (κ1) is 18.8. The van der Waals surface area contributed by atoms with Crippen molar-refractivity contribution in [3.8, 4) is 5.75 Å². The number of hydrogen-bond donors (Lipinski definition) is 2. The molecule has 0 radical (unpaired) electrons. The van der Waals surface area contributed by atoms with Crippen molar-refractivity contribution in [2.24, 2.45) is 0 Å². The number of hydrogen-bond acceptors (Lipinski definition) is 3. The molecule has 0 aliphatic carbocycles. The number of carbonyl (C=O) groups excluding carboxylic acids is 1. The molecule has 1 aromatic rings. The number of aliphatic carboxylic acids is 1. The van der Waals surface area contributed by atoms with E-state index in [1.54, 1.807) is 0 Å². The van der Waals surface area contributed by atoms with Gasteiger partial charge in [-0.25, -0.2) is 0 Å². The van der Waals surface area contributed by atoms with Gasteiger partial charge in [0.1, 0.15) is 5.75 Å². The molecule has 1 rings (SSSR count). The van der Waals surface area contributed by atoms with Gasteiger partial charge in [0.05, 0.1) is 0 Å². The van der Waals surface area contributed by atoms with E-state index in [1.807, 2.05) is 0 Å². The fraction of sp³-hybridized carbons (Fsp3) is 0.467. The topological polar surface area (TPSA) is 75.6 Å². The molecule has 1 aromatic carbocycles. The van der Waals surface area contributed by atoms with Gasteiger partial charge in [-0.05, 0) is 37.0 Å². The van der Waals surface area contributed by atoms with Crippen LogP contribution in [0.5, 0.6) is 5.75 Å². The standard InChI is InChI=1S/C15H18F3NO4/c16-15(17,18)23-12-7-5-11(6-8-12)9-10-19-13(20)3-1-2-4-14(21)22/h5-8H,1-4,9-10H2,(H,19,20)(H,21,22). The van der Waals surface area contributed by atoms with E-state index in [2.05, 4.69) is 10.1 Å². The minimum absolute atomic E-state index is 0.0413. The van der Waals surface area contributed by atoms with Gasteiger partial charge in [-0.2, -0.15) is 0 Å². The van der Waals surface area contributed by atoms with Gasteiger partial charge in [-0.15, -0.1) is 13.2 Å². The minimum Gasteiger partial charge on any atom is -0.481 e. The predicted molar refractivity (Wildman–Crippen MR) is 75.9 cm³/mol. The van der Waals surface area contributed by atoms with Crippen LogP contribution in [0.4, 0.5) is 13.2 Å². The molecule has 128 valence electrons. The summed E-state index contributed by atoms with van der Waals surface area (Å²) in [6.07, 6.45) is -2.99. The smallest absolute Gasteiger partial charge is 0.481 e. The predicted octanol–water partition coefficient (Wildman–Crippen LogP) is 2.89. The van der Waals surface area contributed by atoms with Crippen LogP contribution in [0.15, 0.2) is 24.3 Å². The summed E-state index contributed by atoms with van der Waals surface area (Å²) in [6, 6.07) is 5.44. The lowest BCUT2D eigenvalue weighted by Crippen LogP contribution is -2.25. The van der Waals surface area contributed by atoms with E-state index in [4.69, 9.17) is 5.11 Å². The van der Waals surface area contributed by atoms with E-state index in [0.29, 0.717) is 25.8 Å². The number of amides is 1. The molecule has 0 unspecified atom stereocenters. The fourth-order valence-corrected chi connectivity index (χ4v) is 1.85. The molecule has 0 aliphatic heterocycles. The first-order valence-corrected chi connectivity index (χ1v) is 7.09. The van der Waals surface area contributed by atoms with Crippen molar-refractivity contribution < 1.29 is 32.6 Å². The van der Waals surface area contributed by atoms with E-state index in [-0.39, 0.29) is 24.5 Å². The number of ether oxygens (including phenoxy) is 1. The van der Waals surface area contributed by atoms with Crippen LogP contribution in [0.1, 0.15) is 31.2 Å². The average molecular weight is 333 g/mol. The second-order valence-electron chi connectivity index (χ2n) is 4.89. The number of alkyl halides is 3. The van der Waals surface area contributed by atoms with Gasteiger partial charge in [-0.1, -0.05) is 12.1 Å². The highest BCUT2D eigenvalue weighted by molar-refractivity contribution is 5.75. The summed E-state index contributed by atoms with van der Waals surface area (Å²) in [6.45, 7) is 0.358. The number of benzene rings is 1. The zero-order valence-corrected chi connectivity index (χ0v) is 12.4. The second kappa shape index (κ2) is 9.02. The SMILES string of the molecule is O=C(O)CCCCC(=O)NCCc1ccc(OC(F)(F)F)cc1. The third-order valence-electron chi connectivity index (χ3n) is 2.94. The molecule has 0 fully saturated rings. The highest BCUT2D eigenvalue weighted by Crippen LogP contribution is 2.22. The highest BCUT2D eigenvalue weighted by Gasteiger charge is 2.30. The quantitative estimate of drug-likeness (QED) is 0.681. The molecule has 0 atom stereocenters. The monoisotopic (exact) mass is 333 g/mol. The molecule has 23 heavy (non-hydrogen) atoms. The maximum absolute atomic E-state index is 12.0. The van der Waals surface area contributed by atoms with Gasteiger partial charge in [0, 0.05) is 19.4 Å². The Labute approximate surface area is 131 Å². The summed E-state index contributed by atoms with van der Waals surface area (Å²) in [5.74, 6) is -1.35. The number of halogens is 3. The molecule has 0 aliphatic rings. The Hall–Kier alpha value is -2.25. The number of carboxylic acids is 1. The first-order valence-electron chi connectivity index (χ1n) is 7.09. The number of carboxylic acid groups (broad SMARTS) is 1. The van der Waals surface area contributed by atoms with Crippen LogP contribution in [0.2, 0.25) is 0 Å². The Balaban J connectivity index is 2.22. The lowest BCUT2D eigenvalue weighted by atomic mass is 10.1. The third kappa shape index (κ3) is 9.38.